The molecule has 1 aliphatic rings. The second-order valence-corrected chi connectivity index (χ2v) is 10.4. The Morgan fingerprint density at radius 3 is 2.62 bits per heavy atom. The zero-order valence-electron chi connectivity index (χ0n) is 16.3. The topological polar surface area (TPSA) is 97.3 Å². The summed E-state index contributed by atoms with van der Waals surface area (Å²) >= 11 is 20.7. The van der Waals surface area contributed by atoms with Gasteiger partial charge in [0, 0.05) is 43.7 Å². The molecule has 3 aromatic heterocycles. The van der Waals surface area contributed by atoms with E-state index in [1.807, 2.05) is 22.4 Å². The molecule has 0 spiro atoms. The molecule has 32 heavy (non-hydrogen) atoms. The highest BCUT2D eigenvalue weighted by Crippen LogP contribution is 2.45. The number of nitrogens with one attached hydrogen (secondary N) is 1. The van der Waals surface area contributed by atoms with Crippen molar-refractivity contribution in [1.29, 1.82) is 0 Å². The molecule has 0 unspecified atom stereocenters. The van der Waals surface area contributed by atoms with Crippen molar-refractivity contribution in [3.8, 4) is 10.4 Å². The second kappa shape index (κ2) is 8.17. The molecule has 11 heteroatoms. The van der Waals surface area contributed by atoms with Gasteiger partial charge in [-0.05, 0) is 41.9 Å². The minimum Gasteiger partial charge on any atom is -0.397 e. The number of benzene rings is 1. The number of rotatable bonds is 3. The van der Waals surface area contributed by atoms with Crippen molar-refractivity contribution in [3.63, 3.8) is 0 Å². The van der Waals surface area contributed by atoms with E-state index in [0.29, 0.717) is 49.3 Å². The van der Waals surface area contributed by atoms with Gasteiger partial charge in [0.05, 0.1) is 17.9 Å². The molecule has 6 nitrogen and oxygen atoms in total. The fourth-order valence-electron chi connectivity index (χ4n) is 3.81. The number of carbonyl (C=O) groups excluding carboxylic acids is 1. The minimum atomic E-state index is -0.546. The number of aromatic nitrogens is 1. The minimum absolute atomic E-state index is 0.334. The van der Waals surface area contributed by atoms with Crippen LogP contribution in [0.25, 0.3) is 20.7 Å². The molecular weight excluding hydrogens is 505 g/mol. The molecule has 4 aromatic rings. The predicted molar refractivity (Wildman–Crippen MR) is 138 cm³/mol. The quantitative estimate of drug-likeness (QED) is 0.299. The molecule has 0 bridgehead atoms. The normalized spacial score (nSPS) is 12.9. The summed E-state index contributed by atoms with van der Waals surface area (Å²) in [4.78, 5) is 20.8. The van der Waals surface area contributed by atoms with Crippen molar-refractivity contribution in [2.24, 2.45) is 5.73 Å². The Balaban J connectivity index is 1.55. The van der Waals surface area contributed by atoms with Crippen LogP contribution in [0.2, 0.25) is 10.0 Å². The number of amides is 1. The van der Waals surface area contributed by atoms with Crippen LogP contribution in [0.5, 0.6) is 0 Å². The molecular formula is C21H15Cl2N5OS3. The summed E-state index contributed by atoms with van der Waals surface area (Å²) in [5.74, 6) is -0.546. The SMILES string of the molecule is NC(=O)c1sc2nc3c(c(-c4cccs4)c2c1N)CN(C(=S)Nc1cc(Cl)cc(Cl)c1)C3. The maximum atomic E-state index is 11.9. The summed E-state index contributed by atoms with van der Waals surface area (Å²) in [6, 6.07) is 9.21. The number of hydrogen-bond acceptors (Lipinski definition) is 6. The Kier molecular flexibility index (Phi) is 5.47. The molecule has 5 rings (SSSR count). The van der Waals surface area contributed by atoms with E-state index < -0.39 is 5.91 Å². The van der Waals surface area contributed by atoms with Crippen molar-refractivity contribution in [3.05, 3.63) is 61.9 Å². The van der Waals surface area contributed by atoms with Crippen LogP contribution in [0.15, 0.2) is 35.7 Å². The first-order valence-electron chi connectivity index (χ1n) is 9.41. The number of carbonyl (C=O) groups is 1. The monoisotopic (exact) mass is 519 g/mol. The van der Waals surface area contributed by atoms with E-state index in [0.717, 1.165) is 27.1 Å². The first-order chi connectivity index (χ1) is 15.3. The lowest BCUT2D eigenvalue weighted by Crippen LogP contribution is -2.30. The third kappa shape index (κ3) is 3.70. The second-order valence-electron chi connectivity index (χ2n) is 7.22. The van der Waals surface area contributed by atoms with E-state index in [9.17, 15) is 4.79 Å². The van der Waals surface area contributed by atoms with E-state index in [1.165, 1.54) is 11.3 Å². The van der Waals surface area contributed by atoms with E-state index in [2.05, 4.69) is 5.32 Å². The van der Waals surface area contributed by atoms with Gasteiger partial charge in [-0.3, -0.25) is 4.79 Å². The van der Waals surface area contributed by atoms with Gasteiger partial charge in [0.25, 0.3) is 5.91 Å². The fraction of sp³-hybridized carbons (Fsp3) is 0.0952. The number of hydrogen-bond donors (Lipinski definition) is 3. The maximum Gasteiger partial charge on any atom is 0.260 e. The van der Waals surface area contributed by atoms with Crippen LogP contribution < -0.4 is 16.8 Å². The van der Waals surface area contributed by atoms with Crippen LogP contribution in [-0.4, -0.2) is 20.9 Å². The molecule has 0 saturated heterocycles. The highest BCUT2D eigenvalue weighted by molar-refractivity contribution is 7.80. The van der Waals surface area contributed by atoms with Gasteiger partial charge in [-0.2, -0.15) is 0 Å². The summed E-state index contributed by atoms with van der Waals surface area (Å²) in [6.45, 7) is 1.07. The fourth-order valence-corrected chi connectivity index (χ4v) is 6.37. The summed E-state index contributed by atoms with van der Waals surface area (Å²) in [6.07, 6.45) is 0. The average Bonchev–Trinajstić information content (AvgIpc) is 3.44. The number of thiophene rings is 2. The summed E-state index contributed by atoms with van der Waals surface area (Å²) in [5.41, 5.74) is 15.9. The summed E-state index contributed by atoms with van der Waals surface area (Å²) in [7, 11) is 0. The molecule has 0 fully saturated rings. The van der Waals surface area contributed by atoms with Crippen LogP contribution in [-0.2, 0) is 13.1 Å². The number of halogens is 2. The molecule has 1 aromatic carbocycles. The van der Waals surface area contributed by atoms with Crippen LogP contribution >= 0.6 is 58.1 Å². The number of primary amides is 1. The first-order valence-corrected chi connectivity index (χ1v) is 12.3. The lowest BCUT2D eigenvalue weighted by molar-refractivity contribution is 0.100. The van der Waals surface area contributed by atoms with Crippen LogP contribution in [0.1, 0.15) is 20.9 Å². The lowest BCUT2D eigenvalue weighted by Gasteiger charge is -2.20. The lowest BCUT2D eigenvalue weighted by atomic mass is 10.0. The van der Waals surface area contributed by atoms with Gasteiger partial charge in [0.15, 0.2) is 5.11 Å². The van der Waals surface area contributed by atoms with Gasteiger partial charge in [-0.15, -0.1) is 22.7 Å². The number of nitrogens with two attached hydrogens (primary N) is 2. The van der Waals surface area contributed by atoms with Gasteiger partial charge in [-0.25, -0.2) is 4.98 Å². The Labute approximate surface area is 206 Å². The van der Waals surface area contributed by atoms with Crippen LogP contribution in [0.4, 0.5) is 11.4 Å². The maximum absolute atomic E-state index is 11.9. The number of nitrogens with zero attached hydrogens (tertiary/aromatic N) is 2. The van der Waals surface area contributed by atoms with Gasteiger partial charge >= 0.3 is 0 Å². The zero-order chi connectivity index (χ0) is 22.6. The molecule has 0 aliphatic carbocycles. The average molecular weight is 520 g/mol. The van der Waals surface area contributed by atoms with E-state index in [-0.39, 0.29) is 0 Å². The number of pyridine rings is 1. The van der Waals surface area contributed by atoms with Crippen molar-refractivity contribution in [2.45, 2.75) is 13.1 Å². The molecule has 5 N–H and O–H groups in total. The highest BCUT2D eigenvalue weighted by Gasteiger charge is 2.30. The van der Waals surface area contributed by atoms with Crippen molar-refractivity contribution in [1.82, 2.24) is 9.88 Å². The Hall–Kier alpha value is -2.43. The third-order valence-corrected chi connectivity index (χ3v) is 7.94. The Morgan fingerprint density at radius 2 is 1.97 bits per heavy atom. The van der Waals surface area contributed by atoms with Gasteiger partial charge in [0.2, 0.25) is 0 Å². The third-order valence-electron chi connectivity index (χ3n) is 5.15. The Bertz CT molecular complexity index is 1380. The van der Waals surface area contributed by atoms with Crippen LogP contribution in [0, 0.1) is 0 Å². The van der Waals surface area contributed by atoms with Gasteiger partial charge in [0.1, 0.15) is 9.71 Å². The molecule has 0 radical (unpaired) electrons. The van der Waals surface area contributed by atoms with Crippen molar-refractivity contribution < 1.29 is 4.79 Å². The van der Waals surface area contributed by atoms with Crippen LogP contribution in [0.3, 0.4) is 0 Å². The van der Waals surface area contributed by atoms with E-state index in [4.69, 9.17) is 51.9 Å². The molecule has 162 valence electrons. The molecule has 1 amide bonds. The molecule has 1 aliphatic heterocycles. The highest BCUT2D eigenvalue weighted by atomic mass is 35.5. The van der Waals surface area contributed by atoms with E-state index in [1.54, 1.807) is 29.5 Å². The van der Waals surface area contributed by atoms with E-state index >= 15 is 0 Å². The van der Waals surface area contributed by atoms with Gasteiger partial charge in [-0.1, -0.05) is 29.3 Å². The number of thiocarbonyl (C=S) groups is 1. The molecule has 0 atom stereocenters. The zero-order valence-corrected chi connectivity index (χ0v) is 20.3. The first kappa shape index (κ1) is 21.4. The summed E-state index contributed by atoms with van der Waals surface area (Å²) in [5, 5.41) is 7.56. The Morgan fingerprint density at radius 1 is 1.22 bits per heavy atom. The predicted octanol–water partition coefficient (Wildman–Crippen LogP) is 5.73. The standard InChI is InChI=1S/C21H15Cl2N5OS3/c22-9-4-10(23)6-11(5-9)26-21(30)28-7-12-13(8-28)27-20-16(15(12)14-2-1-3-31-14)17(24)18(32-20)19(25)29/h1-6H,7-8,24H2,(H2,25,29)(H,26,30). The van der Waals surface area contributed by atoms with Crippen molar-refractivity contribution in [2.75, 3.05) is 11.1 Å². The number of anilines is 2. The smallest absolute Gasteiger partial charge is 0.260 e. The number of fused-ring (bicyclic) bond motifs is 2. The molecule has 0 saturated carbocycles. The van der Waals surface area contributed by atoms with Crippen molar-refractivity contribution >= 4 is 90.7 Å². The number of nitrogen functional groups attached to an aromatic ring is 1. The molecule has 4 heterocycles. The van der Waals surface area contributed by atoms with Gasteiger partial charge < -0.3 is 21.7 Å². The summed E-state index contributed by atoms with van der Waals surface area (Å²) < 4.78 is 0. The largest absolute Gasteiger partial charge is 0.397 e.